The standard InChI is InChI=1S/C18H19FN2O3S/c1-12-7-3-6-10-16(12)25-11-17(22)20-21-18(23)13(2)24-15-9-5-4-8-14(15)19/h3-10,13H,11H2,1-2H3,(H,20,22)(H,21,23)/t13-/m1/s1. The smallest absolute Gasteiger partial charge is 0.279 e. The Morgan fingerprint density at radius 1 is 1.12 bits per heavy atom. The third-order valence-electron chi connectivity index (χ3n) is 3.29. The largest absolute Gasteiger partial charge is 0.478 e. The Balaban J connectivity index is 1.76. The molecule has 0 heterocycles. The molecule has 25 heavy (non-hydrogen) atoms. The van der Waals surface area contributed by atoms with Gasteiger partial charge in [-0.2, -0.15) is 0 Å². The molecule has 0 unspecified atom stereocenters. The molecule has 0 radical (unpaired) electrons. The zero-order chi connectivity index (χ0) is 18.2. The summed E-state index contributed by atoms with van der Waals surface area (Å²) in [6.07, 6.45) is -0.957. The lowest BCUT2D eigenvalue weighted by atomic mass is 10.2. The molecule has 0 saturated carbocycles. The van der Waals surface area contributed by atoms with Crippen LogP contribution in [0.15, 0.2) is 53.4 Å². The Hall–Kier alpha value is -2.54. The Morgan fingerprint density at radius 3 is 2.52 bits per heavy atom. The van der Waals surface area contributed by atoms with Gasteiger partial charge in [-0.15, -0.1) is 11.8 Å². The van der Waals surface area contributed by atoms with Crippen LogP contribution in [0.4, 0.5) is 4.39 Å². The van der Waals surface area contributed by atoms with Gasteiger partial charge >= 0.3 is 0 Å². The zero-order valence-corrected chi connectivity index (χ0v) is 14.7. The molecule has 1 atom stereocenters. The Morgan fingerprint density at radius 2 is 1.80 bits per heavy atom. The molecule has 0 aliphatic carbocycles. The highest BCUT2D eigenvalue weighted by Gasteiger charge is 2.17. The van der Waals surface area contributed by atoms with E-state index in [4.69, 9.17) is 4.74 Å². The van der Waals surface area contributed by atoms with Crippen LogP contribution in [-0.4, -0.2) is 23.7 Å². The SMILES string of the molecule is Cc1ccccc1SCC(=O)NNC(=O)[C@@H](C)Oc1ccccc1F. The van der Waals surface area contributed by atoms with Gasteiger partial charge in [0.1, 0.15) is 0 Å². The molecule has 5 nitrogen and oxygen atoms in total. The van der Waals surface area contributed by atoms with Crippen LogP contribution >= 0.6 is 11.8 Å². The summed E-state index contributed by atoms with van der Waals surface area (Å²) in [7, 11) is 0. The summed E-state index contributed by atoms with van der Waals surface area (Å²) in [5.74, 6) is -1.34. The highest BCUT2D eigenvalue weighted by molar-refractivity contribution is 8.00. The fraction of sp³-hybridized carbons (Fsp3) is 0.222. The number of rotatable bonds is 6. The average Bonchev–Trinajstić information content (AvgIpc) is 2.60. The van der Waals surface area contributed by atoms with E-state index in [0.717, 1.165) is 10.5 Å². The number of benzene rings is 2. The first-order valence-electron chi connectivity index (χ1n) is 7.65. The number of aryl methyl sites for hydroxylation is 1. The van der Waals surface area contributed by atoms with Crippen molar-refractivity contribution in [2.24, 2.45) is 0 Å². The first-order valence-corrected chi connectivity index (χ1v) is 8.64. The lowest BCUT2D eigenvalue weighted by Gasteiger charge is -2.15. The summed E-state index contributed by atoms with van der Waals surface area (Å²) in [5.41, 5.74) is 5.67. The summed E-state index contributed by atoms with van der Waals surface area (Å²) in [4.78, 5) is 24.7. The fourth-order valence-corrected chi connectivity index (χ4v) is 2.74. The number of hydrogen-bond donors (Lipinski definition) is 2. The van der Waals surface area contributed by atoms with Crippen molar-refractivity contribution in [3.63, 3.8) is 0 Å². The maximum Gasteiger partial charge on any atom is 0.279 e. The number of para-hydroxylation sites is 1. The summed E-state index contributed by atoms with van der Waals surface area (Å²) >= 11 is 1.38. The van der Waals surface area contributed by atoms with Crippen LogP contribution < -0.4 is 15.6 Å². The van der Waals surface area contributed by atoms with E-state index < -0.39 is 17.8 Å². The van der Waals surface area contributed by atoms with Crippen LogP contribution in [0.1, 0.15) is 12.5 Å². The normalized spacial score (nSPS) is 11.5. The lowest BCUT2D eigenvalue weighted by molar-refractivity contribution is -0.132. The molecule has 2 aromatic carbocycles. The molecule has 0 aromatic heterocycles. The van der Waals surface area contributed by atoms with E-state index in [1.54, 1.807) is 6.07 Å². The van der Waals surface area contributed by atoms with Crippen molar-refractivity contribution in [3.05, 3.63) is 59.9 Å². The number of thioether (sulfide) groups is 1. The Kier molecular flexibility index (Phi) is 6.82. The van der Waals surface area contributed by atoms with Gasteiger partial charge in [0.25, 0.3) is 5.91 Å². The van der Waals surface area contributed by atoms with Crippen molar-refractivity contribution in [1.29, 1.82) is 0 Å². The molecule has 2 amide bonds. The maximum absolute atomic E-state index is 13.5. The maximum atomic E-state index is 13.5. The zero-order valence-electron chi connectivity index (χ0n) is 13.9. The van der Waals surface area contributed by atoms with E-state index in [1.807, 2.05) is 31.2 Å². The van der Waals surface area contributed by atoms with Crippen LogP contribution in [0.5, 0.6) is 5.75 Å². The second kappa shape index (κ2) is 9.08. The van der Waals surface area contributed by atoms with E-state index in [2.05, 4.69) is 10.9 Å². The van der Waals surface area contributed by atoms with Crippen LogP contribution in [0.3, 0.4) is 0 Å². The number of hydrazine groups is 1. The first kappa shape index (κ1) is 18.8. The predicted octanol–water partition coefficient (Wildman–Crippen LogP) is 2.84. The third-order valence-corrected chi connectivity index (χ3v) is 4.46. The van der Waals surface area contributed by atoms with E-state index in [9.17, 15) is 14.0 Å². The lowest BCUT2D eigenvalue weighted by Crippen LogP contribution is -2.47. The predicted molar refractivity (Wildman–Crippen MR) is 94.7 cm³/mol. The number of nitrogens with one attached hydrogen (secondary N) is 2. The van der Waals surface area contributed by atoms with Crippen LogP contribution in [0, 0.1) is 12.7 Å². The van der Waals surface area contributed by atoms with E-state index in [-0.39, 0.29) is 17.4 Å². The van der Waals surface area contributed by atoms with Gasteiger partial charge in [-0.1, -0.05) is 30.3 Å². The number of carbonyl (C=O) groups is 2. The van der Waals surface area contributed by atoms with Crippen LogP contribution in [-0.2, 0) is 9.59 Å². The van der Waals surface area contributed by atoms with E-state index in [1.165, 1.54) is 36.9 Å². The number of ether oxygens (including phenoxy) is 1. The molecule has 0 aliphatic heterocycles. The van der Waals surface area contributed by atoms with Gasteiger partial charge < -0.3 is 4.74 Å². The minimum absolute atomic E-state index is 0.0217. The molecule has 7 heteroatoms. The monoisotopic (exact) mass is 362 g/mol. The van der Waals surface area contributed by atoms with Crippen molar-refractivity contribution in [2.45, 2.75) is 24.8 Å². The topological polar surface area (TPSA) is 67.4 Å². The second-order valence-electron chi connectivity index (χ2n) is 5.28. The number of halogens is 1. The number of carbonyl (C=O) groups excluding carboxylic acids is 2. The third kappa shape index (κ3) is 5.79. The first-order chi connectivity index (χ1) is 12.0. The van der Waals surface area contributed by atoms with E-state index in [0.29, 0.717) is 0 Å². The minimum Gasteiger partial charge on any atom is -0.478 e. The Labute approximate surface area is 149 Å². The Bertz CT molecular complexity index is 755. The molecule has 2 N–H and O–H groups in total. The fourth-order valence-electron chi connectivity index (χ4n) is 1.91. The van der Waals surface area contributed by atoms with E-state index >= 15 is 0 Å². The summed E-state index contributed by atoms with van der Waals surface area (Å²) in [5, 5.41) is 0. The van der Waals surface area contributed by atoms with Gasteiger partial charge in [0.05, 0.1) is 5.75 Å². The summed E-state index contributed by atoms with van der Waals surface area (Å²) in [6, 6.07) is 13.5. The number of amides is 2. The molecule has 2 aromatic rings. The molecular formula is C18H19FN2O3S. The van der Waals surface area contributed by atoms with Gasteiger partial charge in [-0.25, -0.2) is 4.39 Å². The molecular weight excluding hydrogens is 343 g/mol. The second-order valence-corrected chi connectivity index (χ2v) is 6.30. The minimum atomic E-state index is -0.957. The van der Waals surface area contributed by atoms with Crippen molar-refractivity contribution < 1.29 is 18.7 Å². The highest BCUT2D eigenvalue weighted by Crippen LogP contribution is 2.21. The van der Waals surface area contributed by atoms with Gasteiger partial charge in [0.15, 0.2) is 17.7 Å². The van der Waals surface area contributed by atoms with Crippen molar-refractivity contribution in [1.82, 2.24) is 10.9 Å². The molecule has 0 fully saturated rings. The van der Waals surface area contributed by atoms with Gasteiger partial charge in [-0.05, 0) is 37.6 Å². The molecule has 0 saturated heterocycles. The van der Waals surface area contributed by atoms with Gasteiger partial charge in [-0.3, -0.25) is 20.4 Å². The van der Waals surface area contributed by atoms with Gasteiger partial charge in [0, 0.05) is 4.90 Å². The summed E-state index contributed by atoms with van der Waals surface area (Å²) in [6.45, 7) is 3.43. The van der Waals surface area contributed by atoms with Gasteiger partial charge in [0.2, 0.25) is 5.91 Å². The molecule has 0 bridgehead atoms. The molecule has 2 rings (SSSR count). The van der Waals surface area contributed by atoms with Crippen LogP contribution in [0.2, 0.25) is 0 Å². The average molecular weight is 362 g/mol. The summed E-state index contributed by atoms with van der Waals surface area (Å²) < 4.78 is 18.7. The highest BCUT2D eigenvalue weighted by atomic mass is 32.2. The van der Waals surface area contributed by atoms with Crippen molar-refractivity contribution in [2.75, 3.05) is 5.75 Å². The number of hydrogen-bond acceptors (Lipinski definition) is 4. The quantitative estimate of drug-likeness (QED) is 0.613. The van der Waals surface area contributed by atoms with Crippen LogP contribution in [0.25, 0.3) is 0 Å². The molecule has 0 spiro atoms. The molecule has 132 valence electrons. The molecule has 0 aliphatic rings. The van der Waals surface area contributed by atoms with Crippen molar-refractivity contribution >= 4 is 23.6 Å². The van der Waals surface area contributed by atoms with Crippen molar-refractivity contribution in [3.8, 4) is 5.75 Å².